The lowest BCUT2D eigenvalue weighted by atomic mass is 10.1. The average molecular weight is 363 g/mol. The van der Waals surface area contributed by atoms with Crippen LogP contribution in [0.3, 0.4) is 0 Å². The number of ether oxygens (including phenoxy) is 1. The number of carbonyl (C=O) groups excluding carboxylic acids is 1. The maximum atomic E-state index is 12.8. The Balaban J connectivity index is 1.90. The Morgan fingerprint density at radius 2 is 2.00 bits per heavy atom. The largest absolute Gasteiger partial charge is 0.480 e. The third-order valence-corrected chi connectivity index (χ3v) is 5.01. The summed E-state index contributed by atoms with van der Waals surface area (Å²) in [5.41, 5.74) is 0.477. The molecule has 9 heteroatoms. The van der Waals surface area contributed by atoms with Gasteiger partial charge >= 0.3 is 5.97 Å². The Hall–Kier alpha value is -2.68. The molecule has 0 aliphatic carbocycles. The van der Waals surface area contributed by atoms with E-state index >= 15 is 0 Å². The fourth-order valence-electron chi connectivity index (χ4n) is 3.62. The summed E-state index contributed by atoms with van der Waals surface area (Å²) in [6, 6.07) is 3.36. The number of carboxylic acids is 1. The molecule has 0 bridgehead atoms. The molecule has 2 aliphatic rings. The van der Waals surface area contributed by atoms with Gasteiger partial charge in [0.05, 0.1) is 11.0 Å². The van der Waals surface area contributed by atoms with Gasteiger partial charge in [0.15, 0.2) is 0 Å². The summed E-state index contributed by atoms with van der Waals surface area (Å²) in [6.07, 6.45) is 1.79. The summed E-state index contributed by atoms with van der Waals surface area (Å²) in [4.78, 5) is 38.4. The lowest BCUT2D eigenvalue weighted by Crippen LogP contribution is -2.40. The van der Waals surface area contributed by atoms with Crippen molar-refractivity contribution < 1.29 is 24.4 Å². The summed E-state index contributed by atoms with van der Waals surface area (Å²) in [5, 5.41) is 20.8. The molecule has 0 saturated carbocycles. The fourth-order valence-corrected chi connectivity index (χ4v) is 3.62. The number of hydrogen-bond donors (Lipinski definition) is 1. The number of amides is 1. The van der Waals surface area contributed by atoms with Crippen molar-refractivity contribution >= 4 is 23.3 Å². The number of anilines is 1. The van der Waals surface area contributed by atoms with Gasteiger partial charge in [0, 0.05) is 44.8 Å². The smallest absolute Gasteiger partial charge is 0.326 e. The van der Waals surface area contributed by atoms with Crippen LogP contribution in [0.25, 0.3) is 0 Å². The van der Waals surface area contributed by atoms with Crippen molar-refractivity contribution in [2.24, 2.45) is 0 Å². The molecule has 0 radical (unpaired) electrons. The second-order valence-corrected chi connectivity index (χ2v) is 6.56. The Morgan fingerprint density at radius 3 is 2.58 bits per heavy atom. The molecule has 2 saturated heterocycles. The molecule has 0 aromatic heterocycles. The number of nitro benzene ring substituents is 1. The number of carbonyl (C=O) groups is 2. The molecule has 9 nitrogen and oxygen atoms in total. The molecule has 0 spiro atoms. The highest BCUT2D eigenvalue weighted by molar-refractivity contribution is 5.98. The molecule has 140 valence electrons. The highest BCUT2D eigenvalue weighted by Gasteiger charge is 2.40. The van der Waals surface area contributed by atoms with Gasteiger partial charge in [-0.25, -0.2) is 4.79 Å². The lowest BCUT2D eigenvalue weighted by Gasteiger charge is -2.22. The Bertz CT molecular complexity index is 731. The predicted octanol–water partition coefficient (Wildman–Crippen LogP) is 1.51. The number of benzene rings is 1. The number of nitro groups is 1. The van der Waals surface area contributed by atoms with E-state index in [4.69, 9.17) is 4.74 Å². The van der Waals surface area contributed by atoms with Crippen LogP contribution in [0.2, 0.25) is 0 Å². The molecule has 2 atom stereocenters. The number of rotatable bonds is 5. The fraction of sp³-hybridized carbons (Fsp3) is 0.529. The van der Waals surface area contributed by atoms with Gasteiger partial charge < -0.3 is 19.6 Å². The first-order valence-corrected chi connectivity index (χ1v) is 8.52. The third kappa shape index (κ3) is 3.34. The Labute approximate surface area is 150 Å². The van der Waals surface area contributed by atoms with E-state index in [2.05, 4.69) is 0 Å². The zero-order valence-electron chi connectivity index (χ0n) is 14.5. The number of aliphatic carboxylic acids is 1. The van der Waals surface area contributed by atoms with Crippen molar-refractivity contribution in [1.29, 1.82) is 0 Å². The van der Waals surface area contributed by atoms with Gasteiger partial charge in [0.25, 0.3) is 11.6 Å². The zero-order valence-corrected chi connectivity index (χ0v) is 14.5. The van der Waals surface area contributed by atoms with Crippen molar-refractivity contribution in [1.82, 2.24) is 4.90 Å². The van der Waals surface area contributed by atoms with Gasteiger partial charge in [-0.2, -0.15) is 0 Å². The highest BCUT2D eigenvalue weighted by atomic mass is 16.6. The maximum absolute atomic E-state index is 12.8. The van der Waals surface area contributed by atoms with E-state index in [0.29, 0.717) is 5.69 Å². The van der Waals surface area contributed by atoms with Crippen molar-refractivity contribution in [2.45, 2.75) is 31.4 Å². The van der Waals surface area contributed by atoms with E-state index in [9.17, 15) is 24.8 Å². The summed E-state index contributed by atoms with van der Waals surface area (Å²) >= 11 is 0. The number of nitrogens with zero attached hydrogens (tertiary/aromatic N) is 3. The van der Waals surface area contributed by atoms with E-state index in [0.717, 1.165) is 25.9 Å². The minimum atomic E-state index is -1.11. The highest BCUT2D eigenvalue weighted by Crippen LogP contribution is 2.33. The van der Waals surface area contributed by atoms with Crippen LogP contribution in [-0.4, -0.2) is 65.7 Å². The van der Waals surface area contributed by atoms with E-state index in [-0.39, 0.29) is 30.3 Å². The van der Waals surface area contributed by atoms with Gasteiger partial charge in [-0.15, -0.1) is 0 Å². The van der Waals surface area contributed by atoms with Gasteiger partial charge in [-0.3, -0.25) is 14.9 Å². The normalized spacial score (nSPS) is 22.7. The molecule has 2 fully saturated rings. The first-order valence-electron chi connectivity index (χ1n) is 8.52. The van der Waals surface area contributed by atoms with Crippen LogP contribution in [0.15, 0.2) is 18.2 Å². The van der Waals surface area contributed by atoms with Crippen LogP contribution in [0.4, 0.5) is 11.4 Å². The Kier molecular flexibility index (Phi) is 5.08. The second-order valence-electron chi connectivity index (χ2n) is 6.56. The topological polar surface area (TPSA) is 113 Å². The molecular weight excluding hydrogens is 342 g/mol. The number of likely N-dealkylation sites (tertiary alicyclic amines) is 1. The summed E-state index contributed by atoms with van der Waals surface area (Å²) < 4.78 is 5.18. The first-order chi connectivity index (χ1) is 12.4. The average Bonchev–Trinajstić information content (AvgIpc) is 3.30. The van der Waals surface area contributed by atoms with Gasteiger partial charge in [0.2, 0.25) is 0 Å². The first kappa shape index (κ1) is 18.1. The molecule has 2 aliphatic heterocycles. The molecule has 1 aromatic rings. The molecular formula is C17H21N3O6. The number of methoxy groups -OCH3 is 1. The zero-order chi connectivity index (χ0) is 18.8. The van der Waals surface area contributed by atoms with Crippen LogP contribution < -0.4 is 4.90 Å². The number of carboxylic acid groups (broad SMARTS) is 1. The van der Waals surface area contributed by atoms with Crippen molar-refractivity contribution in [3.63, 3.8) is 0 Å². The lowest BCUT2D eigenvalue weighted by molar-refractivity contribution is -0.384. The Morgan fingerprint density at radius 1 is 1.31 bits per heavy atom. The van der Waals surface area contributed by atoms with Crippen LogP contribution in [-0.2, 0) is 9.53 Å². The minimum Gasteiger partial charge on any atom is -0.480 e. The molecule has 1 amide bonds. The summed E-state index contributed by atoms with van der Waals surface area (Å²) in [6.45, 7) is 1.64. The summed E-state index contributed by atoms with van der Waals surface area (Å²) in [7, 11) is 1.47. The van der Waals surface area contributed by atoms with Crippen LogP contribution in [0, 0.1) is 10.1 Å². The van der Waals surface area contributed by atoms with Gasteiger partial charge in [-0.05, 0) is 25.0 Å². The second kappa shape index (κ2) is 7.28. The SMILES string of the molecule is COC1CC(C(=O)O)N(C(=O)c2ccc(N3CCCC3)c([N+](=O)[O-])c2)C1. The molecule has 2 unspecified atom stereocenters. The minimum absolute atomic E-state index is 0.114. The molecule has 1 aromatic carbocycles. The van der Waals surface area contributed by atoms with Gasteiger partial charge in [-0.1, -0.05) is 0 Å². The quantitative estimate of drug-likeness (QED) is 0.623. The summed E-state index contributed by atoms with van der Waals surface area (Å²) in [5.74, 6) is -1.64. The monoisotopic (exact) mass is 363 g/mol. The molecule has 3 rings (SSSR count). The molecule has 2 heterocycles. The predicted molar refractivity (Wildman–Crippen MR) is 92.4 cm³/mol. The van der Waals surface area contributed by atoms with Gasteiger partial charge in [0.1, 0.15) is 11.7 Å². The van der Waals surface area contributed by atoms with E-state index < -0.39 is 22.8 Å². The third-order valence-electron chi connectivity index (χ3n) is 5.01. The van der Waals surface area contributed by atoms with Crippen LogP contribution in [0.1, 0.15) is 29.6 Å². The van der Waals surface area contributed by atoms with E-state index in [1.807, 2.05) is 4.90 Å². The molecule has 1 N–H and O–H groups in total. The molecule has 26 heavy (non-hydrogen) atoms. The maximum Gasteiger partial charge on any atom is 0.326 e. The standard InChI is InChI=1S/C17H21N3O6/c1-26-12-9-15(17(22)23)19(10-12)16(21)11-4-5-13(14(8-11)20(24)25)18-6-2-3-7-18/h4-5,8,12,15H,2-3,6-7,9-10H2,1H3,(H,22,23). The van der Waals surface area contributed by atoms with E-state index in [1.165, 1.54) is 24.1 Å². The number of hydrogen-bond acceptors (Lipinski definition) is 6. The van der Waals surface area contributed by atoms with Crippen molar-refractivity contribution in [3.8, 4) is 0 Å². The van der Waals surface area contributed by atoms with Crippen LogP contribution in [0.5, 0.6) is 0 Å². The van der Waals surface area contributed by atoms with Crippen molar-refractivity contribution in [3.05, 3.63) is 33.9 Å². The van der Waals surface area contributed by atoms with E-state index in [1.54, 1.807) is 6.07 Å². The van der Waals surface area contributed by atoms with Crippen LogP contribution >= 0.6 is 0 Å². The van der Waals surface area contributed by atoms with Crippen molar-refractivity contribution in [2.75, 3.05) is 31.6 Å².